The van der Waals surface area contributed by atoms with Gasteiger partial charge in [0.05, 0.1) is 0 Å². The summed E-state index contributed by atoms with van der Waals surface area (Å²) in [4.78, 5) is 4.07. The summed E-state index contributed by atoms with van der Waals surface area (Å²) in [7, 11) is 0. The van der Waals surface area contributed by atoms with Crippen LogP contribution in [0.15, 0.2) is 36.7 Å². The minimum absolute atomic E-state index is 0.161. The largest absolute Gasteiger partial charge is 0.406 e. The van der Waals surface area contributed by atoms with Crippen molar-refractivity contribution in [2.45, 2.75) is 31.1 Å². The molecule has 2 aromatic rings. The summed E-state index contributed by atoms with van der Waals surface area (Å²) in [6.45, 7) is 0.188. The zero-order chi connectivity index (χ0) is 13.5. The Morgan fingerprint density at radius 3 is 2.58 bits per heavy atom. The molecule has 1 heterocycles. The number of nitrogens with one attached hydrogen (secondary N) is 1. The molecule has 0 radical (unpaired) electrons. The third-order valence-corrected chi connectivity index (χ3v) is 3.66. The van der Waals surface area contributed by atoms with Crippen molar-refractivity contribution in [2.75, 3.05) is 0 Å². The predicted molar refractivity (Wildman–Crippen MR) is 66.6 cm³/mol. The first kappa shape index (κ1) is 12.4. The summed E-state index contributed by atoms with van der Waals surface area (Å²) in [6.07, 6.45) is -0.508. The van der Waals surface area contributed by atoms with Crippen LogP contribution in [0.2, 0.25) is 0 Å². The summed E-state index contributed by atoms with van der Waals surface area (Å²) in [5.74, 6) is 0. The van der Waals surface area contributed by atoms with Gasteiger partial charge in [0.2, 0.25) is 0 Å². The summed E-state index contributed by atoms with van der Waals surface area (Å²) >= 11 is 0. The van der Waals surface area contributed by atoms with E-state index in [1.165, 1.54) is 0 Å². The molecule has 0 atom stereocenters. The number of benzene rings is 1. The van der Waals surface area contributed by atoms with E-state index in [0.29, 0.717) is 0 Å². The van der Waals surface area contributed by atoms with Crippen LogP contribution in [0.3, 0.4) is 0 Å². The van der Waals surface area contributed by atoms with E-state index in [1.807, 2.05) is 24.3 Å². The number of pyridine rings is 1. The van der Waals surface area contributed by atoms with Crippen molar-refractivity contribution in [1.29, 1.82) is 0 Å². The predicted octanol–water partition coefficient (Wildman–Crippen LogP) is 3.42. The standard InChI is InChI=1S/C14H13F3N2/c15-14(16,17)13(5-6-13)19-9-11-8-18-7-10-3-1-2-4-12(10)11/h1-4,7-8,19H,5-6,9H2. The second-order valence-electron chi connectivity index (χ2n) is 4.95. The van der Waals surface area contributed by atoms with Crippen LogP contribution in [0, 0.1) is 0 Å². The third-order valence-electron chi connectivity index (χ3n) is 3.66. The van der Waals surface area contributed by atoms with Crippen LogP contribution in [0.4, 0.5) is 13.2 Å². The van der Waals surface area contributed by atoms with Crippen LogP contribution in [0.1, 0.15) is 18.4 Å². The lowest BCUT2D eigenvalue weighted by atomic mass is 10.1. The Morgan fingerprint density at radius 1 is 1.16 bits per heavy atom. The molecule has 1 fully saturated rings. The lowest BCUT2D eigenvalue weighted by molar-refractivity contribution is -0.166. The molecule has 1 aliphatic rings. The van der Waals surface area contributed by atoms with Crippen LogP contribution in [0.5, 0.6) is 0 Å². The maximum atomic E-state index is 12.8. The first-order valence-corrected chi connectivity index (χ1v) is 6.15. The second-order valence-corrected chi connectivity index (χ2v) is 4.95. The number of alkyl halides is 3. The smallest absolute Gasteiger partial charge is 0.299 e. The van der Waals surface area contributed by atoms with Crippen LogP contribution in [0.25, 0.3) is 10.8 Å². The Hall–Kier alpha value is -1.62. The van der Waals surface area contributed by atoms with Gasteiger partial charge in [0, 0.05) is 24.3 Å². The van der Waals surface area contributed by atoms with Gasteiger partial charge in [-0.2, -0.15) is 13.2 Å². The van der Waals surface area contributed by atoms with Crippen LogP contribution < -0.4 is 5.32 Å². The van der Waals surface area contributed by atoms with Gasteiger partial charge < -0.3 is 0 Å². The number of halogens is 3. The van der Waals surface area contributed by atoms with Crippen molar-refractivity contribution in [3.8, 4) is 0 Å². The second kappa shape index (κ2) is 4.20. The molecule has 1 N–H and O–H groups in total. The molecule has 100 valence electrons. The number of rotatable bonds is 3. The molecular weight excluding hydrogens is 253 g/mol. The average Bonchev–Trinajstić information content (AvgIpc) is 3.17. The van der Waals surface area contributed by atoms with Gasteiger partial charge >= 0.3 is 6.18 Å². The summed E-state index contributed by atoms with van der Waals surface area (Å²) in [5, 5.41) is 4.54. The van der Waals surface area contributed by atoms with Crippen molar-refractivity contribution in [2.24, 2.45) is 0 Å². The van der Waals surface area contributed by atoms with E-state index in [9.17, 15) is 13.2 Å². The van der Waals surface area contributed by atoms with E-state index >= 15 is 0 Å². The Balaban J connectivity index is 1.83. The van der Waals surface area contributed by atoms with Gasteiger partial charge in [-0.3, -0.25) is 10.3 Å². The Bertz CT molecular complexity index is 598. The monoisotopic (exact) mass is 266 g/mol. The quantitative estimate of drug-likeness (QED) is 0.920. The highest BCUT2D eigenvalue weighted by Gasteiger charge is 2.62. The molecule has 0 aliphatic heterocycles. The number of hydrogen-bond donors (Lipinski definition) is 1. The minimum Gasteiger partial charge on any atom is -0.299 e. The van der Waals surface area contributed by atoms with E-state index in [1.54, 1.807) is 12.4 Å². The highest BCUT2D eigenvalue weighted by atomic mass is 19.4. The Kier molecular flexibility index (Phi) is 2.74. The normalized spacial score (nSPS) is 17.6. The number of aromatic nitrogens is 1. The van der Waals surface area contributed by atoms with Gasteiger partial charge in [0.15, 0.2) is 0 Å². The van der Waals surface area contributed by atoms with E-state index in [2.05, 4.69) is 10.3 Å². The topological polar surface area (TPSA) is 24.9 Å². The highest BCUT2D eigenvalue weighted by molar-refractivity contribution is 5.84. The maximum Gasteiger partial charge on any atom is 0.406 e. The molecule has 2 nitrogen and oxygen atoms in total. The number of fused-ring (bicyclic) bond motifs is 1. The average molecular weight is 266 g/mol. The Morgan fingerprint density at radius 2 is 1.89 bits per heavy atom. The SMILES string of the molecule is FC(F)(F)C1(NCc2cncc3ccccc23)CC1. The van der Waals surface area contributed by atoms with Crippen LogP contribution in [-0.4, -0.2) is 16.7 Å². The molecule has 3 rings (SSSR count). The van der Waals surface area contributed by atoms with Crippen molar-refractivity contribution < 1.29 is 13.2 Å². The molecule has 1 saturated carbocycles. The molecule has 0 bridgehead atoms. The molecule has 0 unspecified atom stereocenters. The summed E-state index contributed by atoms with van der Waals surface area (Å²) < 4.78 is 38.5. The Labute approximate surface area is 108 Å². The van der Waals surface area contributed by atoms with E-state index < -0.39 is 11.7 Å². The van der Waals surface area contributed by atoms with Gasteiger partial charge in [0.25, 0.3) is 0 Å². The first-order chi connectivity index (χ1) is 9.02. The lowest BCUT2D eigenvalue weighted by Gasteiger charge is -2.21. The van der Waals surface area contributed by atoms with E-state index in [-0.39, 0.29) is 19.4 Å². The van der Waals surface area contributed by atoms with Crippen molar-refractivity contribution in [3.05, 3.63) is 42.2 Å². The number of hydrogen-bond acceptors (Lipinski definition) is 2. The first-order valence-electron chi connectivity index (χ1n) is 6.15. The molecule has 0 amide bonds. The molecule has 1 aromatic heterocycles. The van der Waals surface area contributed by atoms with Gasteiger partial charge in [-0.1, -0.05) is 24.3 Å². The number of nitrogens with zero attached hydrogens (tertiary/aromatic N) is 1. The van der Waals surface area contributed by atoms with Crippen LogP contribution >= 0.6 is 0 Å². The highest BCUT2D eigenvalue weighted by Crippen LogP contribution is 2.49. The van der Waals surface area contributed by atoms with Crippen molar-refractivity contribution in [1.82, 2.24) is 10.3 Å². The van der Waals surface area contributed by atoms with E-state index in [4.69, 9.17) is 0 Å². The fourth-order valence-electron chi connectivity index (χ4n) is 2.27. The molecule has 0 spiro atoms. The van der Waals surface area contributed by atoms with Crippen LogP contribution in [-0.2, 0) is 6.54 Å². The van der Waals surface area contributed by atoms with Crippen molar-refractivity contribution >= 4 is 10.8 Å². The summed E-state index contributed by atoms with van der Waals surface area (Å²) in [6, 6.07) is 7.57. The van der Waals surface area contributed by atoms with E-state index in [0.717, 1.165) is 16.3 Å². The molecule has 1 aliphatic carbocycles. The minimum atomic E-state index is -4.18. The van der Waals surface area contributed by atoms with Gasteiger partial charge in [-0.25, -0.2) is 0 Å². The molecule has 5 heteroatoms. The maximum absolute atomic E-state index is 12.8. The van der Waals surface area contributed by atoms with Gasteiger partial charge in [-0.15, -0.1) is 0 Å². The van der Waals surface area contributed by atoms with Gasteiger partial charge in [-0.05, 0) is 23.8 Å². The fraction of sp³-hybridized carbons (Fsp3) is 0.357. The molecule has 19 heavy (non-hydrogen) atoms. The molecular formula is C14H13F3N2. The summed E-state index contributed by atoms with van der Waals surface area (Å²) in [5.41, 5.74) is -0.877. The third kappa shape index (κ3) is 2.18. The van der Waals surface area contributed by atoms with Crippen molar-refractivity contribution in [3.63, 3.8) is 0 Å². The lowest BCUT2D eigenvalue weighted by Crippen LogP contribution is -2.44. The molecule has 1 aromatic carbocycles. The zero-order valence-electron chi connectivity index (χ0n) is 10.2. The fourth-order valence-corrected chi connectivity index (χ4v) is 2.27. The zero-order valence-corrected chi connectivity index (χ0v) is 10.2. The molecule has 0 saturated heterocycles. The van der Waals surface area contributed by atoms with Gasteiger partial charge in [0.1, 0.15) is 5.54 Å².